The fourth-order valence-electron chi connectivity index (χ4n) is 7.63. The first-order valence-electron chi connectivity index (χ1n) is 22.0. The van der Waals surface area contributed by atoms with E-state index in [-0.39, 0.29) is 5.91 Å². The van der Waals surface area contributed by atoms with Gasteiger partial charge in [0.1, 0.15) is 0 Å². The molecule has 3 N–H and O–H groups in total. The first-order valence-corrected chi connectivity index (χ1v) is 24.1. The van der Waals surface area contributed by atoms with Crippen molar-refractivity contribution >= 4 is 30.1 Å². The molecular weight excluding hydrogens is 851 g/mol. The Morgan fingerprint density at radius 2 is 1.46 bits per heavy atom. The molecule has 0 radical (unpaired) electrons. The van der Waals surface area contributed by atoms with Gasteiger partial charge in [-0.05, 0) is 85.4 Å². The monoisotopic (exact) mass is 934 g/mol. The van der Waals surface area contributed by atoms with Crippen LogP contribution < -0.4 is 10.6 Å². The van der Waals surface area contributed by atoms with Gasteiger partial charge in [-0.25, -0.2) is 0 Å². The third-order valence-electron chi connectivity index (χ3n) is 10.5. The third-order valence-corrected chi connectivity index (χ3v) is 13.2. The quantitative estimate of drug-likeness (QED) is 0.0336. The molecule has 59 heavy (non-hydrogen) atoms. The molecule has 5 nitrogen and oxygen atoms in total. The Balaban J connectivity index is 0.00000535. The zero-order valence-electron chi connectivity index (χ0n) is 38.0. The van der Waals surface area contributed by atoms with Gasteiger partial charge in [-0.15, -0.1) is 0 Å². The smallest absolute Gasteiger partial charge is 0.249 e. The molecule has 0 aliphatic carbocycles. The van der Waals surface area contributed by atoms with Gasteiger partial charge in [0.05, 0.1) is 18.1 Å². The number of fused-ring (bicyclic) bond motifs is 1. The van der Waals surface area contributed by atoms with Gasteiger partial charge in [-0.1, -0.05) is 178 Å². The number of nitrogens with one attached hydrogen (secondary N) is 2. The van der Waals surface area contributed by atoms with Crippen LogP contribution in [-0.4, -0.2) is 66.1 Å². The lowest BCUT2D eigenvalue weighted by Gasteiger charge is -2.43. The van der Waals surface area contributed by atoms with Crippen molar-refractivity contribution in [3.05, 3.63) is 118 Å². The van der Waals surface area contributed by atoms with E-state index >= 15 is 0 Å². The van der Waals surface area contributed by atoms with Gasteiger partial charge in [0.2, 0.25) is 5.91 Å². The first-order chi connectivity index (χ1) is 28.7. The minimum absolute atomic E-state index is 0.0233. The summed E-state index contributed by atoms with van der Waals surface area (Å²) in [5.74, 6) is -0.0233. The van der Waals surface area contributed by atoms with Crippen LogP contribution in [0.2, 0.25) is 0 Å². The predicted molar refractivity (Wildman–Crippen MR) is 264 cm³/mol. The number of piperidine rings is 1. The first kappa shape index (κ1) is 55.9. The Bertz CT molecular complexity index is 1460. The average Bonchev–Trinajstić information content (AvgIpc) is 3.24. The van der Waals surface area contributed by atoms with Gasteiger partial charge >= 0.3 is 0 Å². The summed E-state index contributed by atoms with van der Waals surface area (Å²) in [5.41, 5.74) is 6.98. The van der Waals surface area contributed by atoms with E-state index in [1.807, 2.05) is 31.4 Å². The molecule has 2 heterocycles. The van der Waals surface area contributed by atoms with Crippen molar-refractivity contribution < 1.29 is 18.7 Å². The lowest BCUT2D eigenvalue weighted by Crippen LogP contribution is -2.47. The van der Waals surface area contributed by atoms with Gasteiger partial charge in [-0.3, -0.25) is 13.6 Å². The van der Waals surface area contributed by atoms with Crippen molar-refractivity contribution in [1.82, 2.24) is 15.5 Å². The molecule has 2 aliphatic heterocycles. The second-order valence-electron chi connectivity index (χ2n) is 15.4. The van der Waals surface area contributed by atoms with Crippen molar-refractivity contribution in [2.45, 2.75) is 155 Å². The lowest BCUT2D eigenvalue weighted by atomic mass is 9.96. The molecule has 1 saturated heterocycles. The summed E-state index contributed by atoms with van der Waals surface area (Å²) in [5, 5.41) is 13.7. The SMILES string of the molecule is C=C/C=C(\C=C/C)CNC(=O)/C1=C/NCC2CCCC(C)N2C(=C)I=C(CC(=C)Cc2ccc(CC(=C)CCCCCCCCCCCCC)cc2)C1.CF.CF.CO. The van der Waals surface area contributed by atoms with E-state index < -0.39 is 20.7 Å². The molecule has 2 atom stereocenters. The molecule has 1 aromatic rings. The number of halogens is 3. The Kier molecular flexibility index (Phi) is 34.8. The summed E-state index contributed by atoms with van der Waals surface area (Å²) < 4.78 is 21.7. The van der Waals surface area contributed by atoms with Gasteiger partial charge in [-0.2, -0.15) is 0 Å². The highest BCUT2D eigenvalue weighted by molar-refractivity contribution is 14.2. The molecule has 2 unspecified atom stereocenters. The average molecular weight is 934 g/mol. The van der Waals surface area contributed by atoms with E-state index in [1.54, 1.807) is 6.08 Å². The summed E-state index contributed by atoms with van der Waals surface area (Å²) in [6.07, 6.45) is 32.8. The molecule has 0 spiro atoms. The van der Waals surface area contributed by atoms with Crippen LogP contribution in [0, 0.1) is 0 Å². The number of nitrogens with zero attached hydrogens (tertiary/aromatic N) is 1. The zero-order chi connectivity index (χ0) is 44.3. The van der Waals surface area contributed by atoms with E-state index in [1.165, 1.54) is 113 Å². The summed E-state index contributed by atoms with van der Waals surface area (Å²) in [6.45, 7) is 25.4. The van der Waals surface area contributed by atoms with Crippen LogP contribution in [0.5, 0.6) is 0 Å². The maximum absolute atomic E-state index is 13.6. The second kappa shape index (κ2) is 36.7. The topological polar surface area (TPSA) is 64.6 Å². The molecular formula is C51H82F2IN3O2. The number of hydrogen-bond donors (Lipinski definition) is 3. The maximum atomic E-state index is 13.6. The highest BCUT2D eigenvalue weighted by atomic mass is 127. The van der Waals surface area contributed by atoms with Crippen LogP contribution in [0.3, 0.4) is 0 Å². The number of carbonyl (C=O) groups is 1. The number of rotatable bonds is 23. The van der Waals surface area contributed by atoms with Crippen LogP contribution in [0.4, 0.5) is 8.78 Å². The van der Waals surface area contributed by atoms with Crippen LogP contribution in [-0.2, 0) is 17.6 Å². The molecule has 0 bridgehead atoms. The summed E-state index contributed by atoms with van der Waals surface area (Å²) in [6, 6.07) is 9.98. The normalized spacial score (nSPS) is 17.6. The van der Waals surface area contributed by atoms with Crippen molar-refractivity contribution in [3.63, 3.8) is 0 Å². The Labute approximate surface area is 370 Å². The minimum Gasteiger partial charge on any atom is -0.400 e. The van der Waals surface area contributed by atoms with Crippen molar-refractivity contribution in [2.75, 3.05) is 34.6 Å². The van der Waals surface area contributed by atoms with Crippen LogP contribution in [0.25, 0.3) is 0 Å². The Hall–Kier alpha value is -3.11. The molecule has 334 valence electrons. The molecule has 2 aliphatic rings. The third kappa shape index (κ3) is 24.7. The van der Waals surface area contributed by atoms with Gasteiger partial charge in [0, 0.05) is 50.5 Å². The van der Waals surface area contributed by atoms with E-state index in [2.05, 4.69) is 80.0 Å². The lowest BCUT2D eigenvalue weighted by molar-refractivity contribution is -0.117. The summed E-state index contributed by atoms with van der Waals surface area (Å²) in [7, 11) is 2.00. The number of carbonyl (C=O) groups excluding carboxylic acids is 1. The Morgan fingerprint density at radius 3 is 2.02 bits per heavy atom. The number of aliphatic hydroxyl groups is 1. The van der Waals surface area contributed by atoms with Crippen molar-refractivity contribution in [3.8, 4) is 0 Å². The van der Waals surface area contributed by atoms with Gasteiger partial charge in [0.25, 0.3) is 0 Å². The standard InChI is InChI=1S/C48H72IN3O.2CH3F.CH4O/c1-8-11-12-13-14-15-16-17-18-19-20-24-38(4)31-42-27-29-43(30-28-42)32-39(5)33-46-34-45(48(53)51-35-44(22-9-2)23-10-3)36-50-37-47-26-21-25-40(6)52(47)41(7)49-46;3*1-2/h9-10,22-23,27-30,36,40,47,50H,2,4-5,7-8,11-21,24-26,31-35,37H2,1,3,6H3,(H,51,53);2*1H3;2H,1H3/b23-10-,44-22+,45-36+;;;. The number of hydrogen-bond acceptors (Lipinski definition) is 4. The van der Waals surface area contributed by atoms with E-state index in [0.29, 0.717) is 39.4 Å². The molecule has 0 saturated carbocycles. The van der Waals surface area contributed by atoms with E-state index in [0.717, 1.165) is 56.9 Å². The fourth-order valence-corrected chi connectivity index (χ4v) is 11.0. The number of benzene rings is 1. The van der Waals surface area contributed by atoms with Crippen LogP contribution in [0.15, 0.2) is 107 Å². The molecule has 1 aromatic carbocycles. The van der Waals surface area contributed by atoms with Gasteiger partial charge < -0.3 is 20.6 Å². The van der Waals surface area contributed by atoms with Crippen LogP contribution in [0.1, 0.15) is 141 Å². The number of aliphatic hydroxyl groups excluding tert-OH is 1. The molecule has 1 amide bonds. The molecule has 8 heteroatoms. The molecule has 1 fully saturated rings. The summed E-state index contributed by atoms with van der Waals surface area (Å²) in [4.78, 5) is 16.2. The highest BCUT2D eigenvalue weighted by Gasteiger charge is 2.29. The van der Waals surface area contributed by atoms with Crippen LogP contribution >= 0.6 is 20.7 Å². The largest absolute Gasteiger partial charge is 0.400 e. The van der Waals surface area contributed by atoms with E-state index in [4.69, 9.17) is 5.11 Å². The predicted octanol–water partition coefficient (Wildman–Crippen LogP) is 13.3. The van der Waals surface area contributed by atoms with E-state index in [9.17, 15) is 13.6 Å². The van der Waals surface area contributed by atoms with Crippen molar-refractivity contribution in [2.24, 2.45) is 0 Å². The highest BCUT2D eigenvalue weighted by Crippen LogP contribution is 2.34. The fraction of sp³-hybridized carbons (Fsp3) is 0.569. The maximum Gasteiger partial charge on any atom is 0.249 e. The molecule has 0 aromatic heterocycles. The zero-order valence-corrected chi connectivity index (χ0v) is 40.1. The second-order valence-corrected chi connectivity index (χ2v) is 18.7. The summed E-state index contributed by atoms with van der Waals surface area (Å²) >= 11 is -0.496. The number of unbranched alkanes of at least 4 members (excludes halogenated alkanes) is 10. The molecule has 3 rings (SSSR count). The minimum atomic E-state index is -0.496. The number of alkyl halides is 2. The van der Waals surface area contributed by atoms with Crippen molar-refractivity contribution in [1.29, 1.82) is 0 Å². The Morgan fingerprint density at radius 1 is 0.898 bits per heavy atom. The number of amides is 1. The van der Waals surface area contributed by atoms with Gasteiger partial charge in [0.15, 0.2) is 0 Å². The number of allylic oxidation sites excluding steroid dienone is 5.